The summed E-state index contributed by atoms with van der Waals surface area (Å²) >= 11 is 6.16. The van der Waals surface area contributed by atoms with Crippen LogP contribution in [0.1, 0.15) is 12.5 Å². The average Bonchev–Trinajstić information content (AvgIpc) is 3.27. The molecular formula is C27H27ClN2O4. The van der Waals surface area contributed by atoms with Gasteiger partial charge in [-0.15, -0.1) is 0 Å². The van der Waals surface area contributed by atoms with Gasteiger partial charge in [0.2, 0.25) is 0 Å². The molecule has 3 aromatic carbocycles. The summed E-state index contributed by atoms with van der Waals surface area (Å²) in [4.78, 5) is 0. The molecule has 0 aliphatic carbocycles. The van der Waals surface area contributed by atoms with Gasteiger partial charge in [-0.1, -0.05) is 18.5 Å². The Morgan fingerprint density at radius 3 is 1.76 bits per heavy atom. The van der Waals surface area contributed by atoms with E-state index < -0.39 is 0 Å². The summed E-state index contributed by atoms with van der Waals surface area (Å²) in [5.74, 6) is 2.64. The maximum absolute atomic E-state index is 6.16. The number of methoxy groups -OCH3 is 4. The highest BCUT2D eigenvalue weighted by molar-refractivity contribution is 6.30. The molecule has 1 aromatic heterocycles. The van der Waals surface area contributed by atoms with Gasteiger partial charge in [0, 0.05) is 21.7 Å². The third-order valence-electron chi connectivity index (χ3n) is 5.72. The predicted octanol–water partition coefficient (Wildman–Crippen LogP) is 6.46. The Hall–Kier alpha value is -3.64. The van der Waals surface area contributed by atoms with Crippen molar-refractivity contribution in [2.45, 2.75) is 13.3 Å². The molecule has 0 bridgehead atoms. The van der Waals surface area contributed by atoms with Crippen LogP contribution in [0.25, 0.3) is 28.2 Å². The molecule has 0 N–H and O–H groups in total. The van der Waals surface area contributed by atoms with Crippen LogP contribution in [0.4, 0.5) is 0 Å². The molecule has 0 aliphatic heterocycles. The second-order valence-corrected chi connectivity index (χ2v) is 7.99. The summed E-state index contributed by atoms with van der Waals surface area (Å²) in [5, 5.41) is 5.73. The third kappa shape index (κ3) is 4.29. The van der Waals surface area contributed by atoms with Crippen LogP contribution in [-0.4, -0.2) is 38.2 Å². The Morgan fingerprint density at radius 2 is 1.24 bits per heavy atom. The van der Waals surface area contributed by atoms with E-state index >= 15 is 0 Å². The van der Waals surface area contributed by atoms with Gasteiger partial charge in [0.15, 0.2) is 23.0 Å². The fourth-order valence-corrected chi connectivity index (χ4v) is 4.18. The van der Waals surface area contributed by atoms with Crippen molar-refractivity contribution in [1.82, 2.24) is 9.78 Å². The van der Waals surface area contributed by atoms with Gasteiger partial charge in [-0.3, -0.25) is 0 Å². The maximum Gasteiger partial charge on any atom is 0.161 e. The topological polar surface area (TPSA) is 54.7 Å². The van der Waals surface area contributed by atoms with Gasteiger partial charge in [-0.2, -0.15) is 5.10 Å². The summed E-state index contributed by atoms with van der Waals surface area (Å²) in [7, 11) is 6.51. The SMILES string of the molecule is CCc1c(-c2ccc(OC)c(OC)c2)nn(-c2ccc(Cl)cc2)c1-c1ccc(OC)c(OC)c1. The number of benzene rings is 3. The summed E-state index contributed by atoms with van der Waals surface area (Å²) in [6.07, 6.45) is 0.765. The molecule has 1 heterocycles. The Balaban J connectivity index is 2.00. The molecule has 4 rings (SSSR count). The van der Waals surface area contributed by atoms with E-state index in [4.69, 9.17) is 35.6 Å². The standard InChI is InChI=1S/C27H27ClN2O4/c1-6-21-26(17-7-13-22(31-2)24(15-17)33-4)29-30(20-11-9-19(28)10-12-20)27(21)18-8-14-23(32-3)25(16-18)34-5/h7-16H,6H2,1-5H3. The van der Waals surface area contributed by atoms with Crippen molar-refractivity contribution in [3.63, 3.8) is 0 Å². The molecule has 0 fully saturated rings. The summed E-state index contributed by atoms with van der Waals surface area (Å²) in [6, 6.07) is 19.4. The van der Waals surface area contributed by atoms with Gasteiger partial charge in [-0.25, -0.2) is 4.68 Å². The number of nitrogens with zero attached hydrogens (tertiary/aromatic N) is 2. The second kappa shape index (κ2) is 10.1. The third-order valence-corrected chi connectivity index (χ3v) is 5.97. The van der Waals surface area contributed by atoms with E-state index in [1.165, 1.54) is 0 Å². The van der Waals surface area contributed by atoms with Gasteiger partial charge in [0.1, 0.15) is 0 Å². The van der Waals surface area contributed by atoms with Gasteiger partial charge in [0.25, 0.3) is 0 Å². The Morgan fingerprint density at radius 1 is 0.706 bits per heavy atom. The number of ether oxygens (including phenoxy) is 4. The van der Waals surface area contributed by atoms with E-state index in [9.17, 15) is 0 Å². The minimum Gasteiger partial charge on any atom is -0.493 e. The zero-order valence-corrected chi connectivity index (χ0v) is 20.6. The molecule has 0 amide bonds. The van der Waals surface area contributed by atoms with Crippen LogP contribution in [0.3, 0.4) is 0 Å². The van der Waals surface area contributed by atoms with Gasteiger partial charge < -0.3 is 18.9 Å². The first kappa shape index (κ1) is 23.5. The quantitative estimate of drug-likeness (QED) is 0.291. The minimum absolute atomic E-state index is 0.649. The van der Waals surface area contributed by atoms with Crippen molar-refractivity contribution in [3.05, 3.63) is 71.2 Å². The van der Waals surface area contributed by atoms with Crippen molar-refractivity contribution in [1.29, 1.82) is 0 Å². The molecule has 0 aliphatic rings. The van der Waals surface area contributed by atoms with Crippen LogP contribution in [0.15, 0.2) is 60.7 Å². The first-order valence-electron chi connectivity index (χ1n) is 10.9. The van der Waals surface area contributed by atoms with Crippen molar-refractivity contribution in [3.8, 4) is 51.2 Å². The van der Waals surface area contributed by atoms with Gasteiger partial charge >= 0.3 is 0 Å². The summed E-state index contributed by atoms with van der Waals surface area (Å²) in [5.41, 5.74) is 5.72. The molecule has 0 saturated heterocycles. The molecule has 6 nitrogen and oxygen atoms in total. The van der Waals surface area contributed by atoms with Crippen LogP contribution in [-0.2, 0) is 6.42 Å². The molecule has 0 spiro atoms. The highest BCUT2D eigenvalue weighted by Crippen LogP contribution is 2.40. The van der Waals surface area contributed by atoms with Crippen LogP contribution in [0.2, 0.25) is 5.02 Å². The first-order valence-corrected chi connectivity index (χ1v) is 11.2. The van der Waals surface area contributed by atoms with E-state index in [2.05, 4.69) is 6.92 Å². The lowest BCUT2D eigenvalue weighted by Gasteiger charge is -2.13. The smallest absolute Gasteiger partial charge is 0.161 e. The van der Waals surface area contributed by atoms with Crippen molar-refractivity contribution in [2.75, 3.05) is 28.4 Å². The zero-order valence-electron chi connectivity index (χ0n) is 19.9. The largest absolute Gasteiger partial charge is 0.493 e. The molecule has 0 saturated carbocycles. The zero-order chi connectivity index (χ0) is 24.2. The number of hydrogen-bond donors (Lipinski definition) is 0. The second-order valence-electron chi connectivity index (χ2n) is 7.56. The van der Waals surface area contributed by atoms with Crippen LogP contribution >= 0.6 is 11.6 Å². The van der Waals surface area contributed by atoms with Crippen LogP contribution < -0.4 is 18.9 Å². The lowest BCUT2D eigenvalue weighted by atomic mass is 9.99. The van der Waals surface area contributed by atoms with Crippen molar-refractivity contribution >= 4 is 11.6 Å². The lowest BCUT2D eigenvalue weighted by molar-refractivity contribution is 0.355. The van der Waals surface area contributed by atoms with Gasteiger partial charge in [-0.05, 0) is 67.1 Å². The van der Waals surface area contributed by atoms with Gasteiger partial charge in [0.05, 0.1) is 45.5 Å². The van der Waals surface area contributed by atoms with E-state index in [1.807, 2.05) is 65.3 Å². The monoisotopic (exact) mass is 478 g/mol. The van der Waals surface area contributed by atoms with E-state index in [0.717, 1.165) is 40.2 Å². The molecule has 7 heteroatoms. The fraction of sp³-hybridized carbons (Fsp3) is 0.222. The molecular weight excluding hydrogens is 452 g/mol. The Labute approximate surface area is 204 Å². The molecule has 0 atom stereocenters. The molecule has 0 unspecified atom stereocenters. The lowest BCUT2D eigenvalue weighted by Crippen LogP contribution is -2.00. The average molecular weight is 479 g/mol. The van der Waals surface area contributed by atoms with Crippen molar-refractivity contribution in [2.24, 2.45) is 0 Å². The van der Waals surface area contributed by atoms with E-state index in [1.54, 1.807) is 28.4 Å². The highest BCUT2D eigenvalue weighted by atomic mass is 35.5. The predicted molar refractivity (Wildman–Crippen MR) is 135 cm³/mol. The van der Waals surface area contributed by atoms with Crippen LogP contribution in [0, 0.1) is 0 Å². The summed E-state index contributed by atoms with van der Waals surface area (Å²) in [6.45, 7) is 2.12. The number of halogens is 1. The summed E-state index contributed by atoms with van der Waals surface area (Å²) < 4.78 is 23.9. The van der Waals surface area contributed by atoms with E-state index in [-0.39, 0.29) is 0 Å². The molecule has 0 radical (unpaired) electrons. The first-order chi connectivity index (χ1) is 16.5. The fourth-order valence-electron chi connectivity index (χ4n) is 4.05. The maximum atomic E-state index is 6.16. The molecule has 4 aromatic rings. The Kier molecular flexibility index (Phi) is 6.98. The van der Waals surface area contributed by atoms with Crippen LogP contribution in [0.5, 0.6) is 23.0 Å². The van der Waals surface area contributed by atoms with Crippen molar-refractivity contribution < 1.29 is 18.9 Å². The van der Waals surface area contributed by atoms with E-state index in [0.29, 0.717) is 28.0 Å². The minimum atomic E-state index is 0.649. The molecule has 34 heavy (non-hydrogen) atoms. The highest BCUT2D eigenvalue weighted by Gasteiger charge is 2.22. The number of rotatable bonds is 8. The number of hydrogen-bond acceptors (Lipinski definition) is 5. The Bertz CT molecular complexity index is 1300. The normalized spacial score (nSPS) is 10.8. The molecule has 176 valence electrons. The number of aromatic nitrogens is 2.